The normalized spacial score (nSPS) is 19.5. The number of amides is 4. The molecule has 2 aliphatic rings. The molecule has 0 radical (unpaired) electrons. The molecule has 42 heavy (non-hydrogen) atoms. The fourth-order valence-electron chi connectivity index (χ4n) is 6.26. The van der Waals surface area contributed by atoms with Crippen molar-refractivity contribution in [3.8, 4) is 0 Å². The number of carbonyl (C=O) groups excluding carboxylic acids is 3. The fraction of sp³-hybridized carbons (Fsp3) is 0.167. The summed E-state index contributed by atoms with van der Waals surface area (Å²) in [5.74, 6) is -2.54. The third-order valence-corrected chi connectivity index (χ3v) is 8.24. The Labute approximate surface area is 238 Å². The molecule has 12 heteroatoms. The standard InChI is InChI=1S/C30H23N5O7/c1-32-27(36)30(28(37)33(2)29(32)38)24(18-7-12-20(13-8-18)34(39)40)23-16-11-17-5-3-4-6-22(17)25(23)31-26(30)19-9-14-21(15-10-19)35(41)42/h3-16,24,26,31H,1-2H3. The molecule has 0 saturated carbocycles. The first-order valence-corrected chi connectivity index (χ1v) is 12.9. The first-order valence-electron chi connectivity index (χ1n) is 12.9. The van der Waals surface area contributed by atoms with Crippen molar-refractivity contribution in [2.75, 3.05) is 19.4 Å². The van der Waals surface area contributed by atoms with Crippen molar-refractivity contribution in [3.05, 3.63) is 122 Å². The molecule has 2 aliphatic heterocycles. The number of nitrogens with one attached hydrogen (secondary N) is 1. The molecule has 12 nitrogen and oxygen atoms in total. The van der Waals surface area contributed by atoms with E-state index in [1.165, 1.54) is 62.6 Å². The highest BCUT2D eigenvalue weighted by Crippen LogP contribution is 2.59. The van der Waals surface area contributed by atoms with E-state index in [4.69, 9.17) is 0 Å². The third kappa shape index (κ3) is 3.65. The second-order valence-electron chi connectivity index (χ2n) is 10.3. The molecule has 2 atom stereocenters. The molecule has 210 valence electrons. The Bertz CT molecular complexity index is 1800. The zero-order chi connectivity index (χ0) is 29.9. The first-order chi connectivity index (χ1) is 20.1. The van der Waals surface area contributed by atoms with Gasteiger partial charge in [-0.3, -0.25) is 39.6 Å². The molecule has 0 aromatic heterocycles. The summed E-state index contributed by atoms with van der Waals surface area (Å²) in [6, 6.07) is 20.5. The third-order valence-electron chi connectivity index (χ3n) is 8.24. The summed E-state index contributed by atoms with van der Waals surface area (Å²) >= 11 is 0. The SMILES string of the molecule is CN1C(=O)N(C)C(=O)C2(C1=O)C(c1ccc([N+](=O)[O-])cc1)Nc1c(ccc3ccccc13)C2c1ccc([N+](=O)[O-])cc1. The van der Waals surface area contributed by atoms with Gasteiger partial charge in [-0.25, -0.2) is 4.79 Å². The van der Waals surface area contributed by atoms with Crippen molar-refractivity contribution in [3.63, 3.8) is 0 Å². The van der Waals surface area contributed by atoms with Crippen LogP contribution in [0.4, 0.5) is 21.9 Å². The van der Waals surface area contributed by atoms with Gasteiger partial charge in [-0.2, -0.15) is 0 Å². The minimum absolute atomic E-state index is 0.168. The Kier molecular flexibility index (Phi) is 5.99. The number of rotatable bonds is 4. The van der Waals surface area contributed by atoms with Crippen LogP contribution in [0.5, 0.6) is 0 Å². The van der Waals surface area contributed by atoms with Crippen molar-refractivity contribution in [2.45, 2.75) is 12.0 Å². The number of carbonyl (C=O) groups is 3. The van der Waals surface area contributed by atoms with Crippen molar-refractivity contribution in [1.82, 2.24) is 9.80 Å². The number of anilines is 1. The van der Waals surface area contributed by atoms with Crippen molar-refractivity contribution < 1.29 is 24.2 Å². The van der Waals surface area contributed by atoms with E-state index in [1.807, 2.05) is 36.4 Å². The lowest BCUT2D eigenvalue weighted by molar-refractivity contribution is -0.385. The minimum Gasteiger partial charge on any atom is -0.376 e. The van der Waals surface area contributed by atoms with Gasteiger partial charge in [0.15, 0.2) is 5.41 Å². The highest BCUT2D eigenvalue weighted by atomic mass is 16.6. The van der Waals surface area contributed by atoms with E-state index < -0.39 is 45.1 Å². The van der Waals surface area contributed by atoms with Crippen LogP contribution < -0.4 is 5.32 Å². The van der Waals surface area contributed by atoms with E-state index in [9.17, 15) is 34.6 Å². The Morgan fingerprint density at radius 1 is 0.714 bits per heavy atom. The number of nitrogens with zero attached hydrogens (tertiary/aromatic N) is 4. The number of benzene rings is 4. The average Bonchev–Trinajstić information content (AvgIpc) is 3.01. The molecule has 4 aromatic rings. The summed E-state index contributed by atoms with van der Waals surface area (Å²) < 4.78 is 0. The Morgan fingerprint density at radius 3 is 1.79 bits per heavy atom. The zero-order valence-electron chi connectivity index (χ0n) is 22.4. The number of nitro groups is 2. The summed E-state index contributed by atoms with van der Waals surface area (Å²) in [7, 11) is 2.59. The molecule has 2 unspecified atom stereocenters. The predicted octanol–water partition coefficient (Wildman–Crippen LogP) is 4.99. The number of barbiturate groups is 1. The summed E-state index contributed by atoms with van der Waals surface area (Å²) in [6.45, 7) is 0. The van der Waals surface area contributed by atoms with Gasteiger partial charge in [-0.15, -0.1) is 0 Å². The van der Waals surface area contributed by atoms with E-state index in [2.05, 4.69) is 5.32 Å². The van der Waals surface area contributed by atoms with Crippen LogP contribution in [0, 0.1) is 25.6 Å². The average molecular weight is 566 g/mol. The van der Waals surface area contributed by atoms with Gasteiger partial charge in [0.05, 0.1) is 15.9 Å². The monoisotopic (exact) mass is 565 g/mol. The lowest BCUT2D eigenvalue weighted by Gasteiger charge is -2.53. The molecule has 4 aromatic carbocycles. The van der Waals surface area contributed by atoms with Gasteiger partial charge >= 0.3 is 6.03 Å². The maximum Gasteiger partial charge on any atom is 0.332 e. The van der Waals surface area contributed by atoms with E-state index in [1.54, 1.807) is 0 Å². The number of hydrogen-bond acceptors (Lipinski definition) is 8. The lowest BCUT2D eigenvalue weighted by atomic mass is 9.58. The quantitative estimate of drug-likeness (QED) is 0.206. The highest BCUT2D eigenvalue weighted by Gasteiger charge is 2.66. The smallest absolute Gasteiger partial charge is 0.332 e. The molecule has 4 amide bonds. The molecular weight excluding hydrogens is 542 g/mol. The summed E-state index contributed by atoms with van der Waals surface area (Å²) in [6.07, 6.45) is 0. The van der Waals surface area contributed by atoms with E-state index in [0.29, 0.717) is 22.4 Å². The Hall–Kier alpha value is -5.65. The molecule has 2 heterocycles. The zero-order valence-corrected chi connectivity index (χ0v) is 22.4. The molecule has 1 N–H and O–H groups in total. The first kappa shape index (κ1) is 26.6. The number of non-ortho nitro benzene ring substituents is 2. The second kappa shape index (κ2) is 9.47. The molecule has 1 fully saturated rings. The van der Waals surface area contributed by atoms with E-state index >= 15 is 0 Å². The largest absolute Gasteiger partial charge is 0.376 e. The van der Waals surface area contributed by atoms with Crippen molar-refractivity contribution in [1.29, 1.82) is 0 Å². The molecule has 1 saturated heterocycles. The topological polar surface area (TPSA) is 156 Å². The van der Waals surface area contributed by atoms with Crippen LogP contribution in [0.25, 0.3) is 10.8 Å². The number of imide groups is 2. The highest BCUT2D eigenvalue weighted by molar-refractivity contribution is 6.21. The Balaban J connectivity index is 1.72. The molecule has 0 aliphatic carbocycles. The van der Waals surface area contributed by atoms with Gasteiger partial charge in [0.1, 0.15) is 0 Å². The summed E-state index contributed by atoms with van der Waals surface area (Å²) in [5, 5.41) is 28.0. The summed E-state index contributed by atoms with van der Waals surface area (Å²) in [5.41, 5.74) is -0.261. The molecule has 0 bridgehead atoms. The van der Waals surface area contributed by atoms with Gasteiger partial charge < -0.3 is 5.32 Å². The molecular formula is C30H23N5O7. The lowest BCUT2D eigenvalue weighted by Crippen LogP contribution is -2.68. The van der Waals surface area contributed by atoms with E-state index in [-0.39, 0.29) is 11.4 Å². The maximum atomic E-state index is 14.5. The maximum absolute atomic E-state index is 14.5. The fourth-order valence-corrected chi connectivity index (χ4v) is 6.26. The Morgan fingerprint density at radius 2 is 1.24 bits per heavy atom. The minimum atomic E-state index is -1.99. The number of fused-ring (bicyclic) bond motifs is 3. The van der Waals surface area contributed by atoms with Crippen LogP contribution in [0.15, 0.2) is 84.9 Å². The predicted molar refractivity (Wildman–Crippen MR) is 152 cm³/mol. The number of hydrogen-bond donors (Lipinski definition) is 1. The van der Waals surface area contributed by atoms with Crippen LogP contribution in [0.3, 0.4) is 0 Å². The van der Waals surface area contributed by atoms with Gasteiger partial charge in [0, 0.05) is 55.4 Å². The van der Waals surface area contributed by atoms with Gasteiger partial charge in [-0.1, -0.05) is 60.7 Å². The van der Waals surface area contributed by atoms with Crippen molar-refractivity contribution >= 4 is 45.7 Å². The summed E-state index contributed by atoms with van der Waals surface area (Å²) in [4.78, 5) is 65.5. The number of nitro benzene ring substituents is 2. The van der Waals surface area contributed by atoms with Gasteiger partial charge in [-0.05, 0) is 22.1 Å². The van der Waals surface area contributed by atoms with Crippen LogP contribution >= 0.6 is 0 Å². The van der Waals surface area contributed by atoms with Crippen LogP contribution in [-0.4, -0.2) is 51.6 Å². The molecule has 1 spiro atoms. The van der Waals surface area contributed by atoms with E-state index in [0.717, 1.165) is 20.6 Å². The van der Waals surface area contributed by atoms with Gasteiger partial charge in [0.25, 0.3) is 11.4 Å². The van der Waals surface area contributed by atoms with Crippen LogP contribution in [0.1, 0.15) is 28.7 Å². The molecule has 6 rings (SSSR count). The van der Waals surface area contributed by atoms with Gasteiger partial charge in [0.2, 0.25) is 11.8 Å². The number of urea groups is 1. The van der Waals surface area contributed by atoms with Crippen molar-refractivity contribution in [2.24, 2.45) is 5.41 Å². The van der Waals surface area contributed by atoms with Crippen LogP contribution in [0.2, 0.25) is 0 Å². The van der Waals surface area contributed by atoms with Crippen LogP contribution in [-0.2, 0) is 9.59 Å². The second-order valence-corrected chi connectivity index (χ2v) is 10.3.